The molecule has 0 saturated carbocycles. The maximum atomic E-state index is 13.3. The van der Waals surface area contributed by atoms with Crippen LogP contribution in [0.5, 0.6) is 0 Å². The molecule has 100 valence electrons. The molecule has 0 aromatic carbocycles. The largest absolute Gasteiger partial charge is 0.275 e. The number of pyridine rings is 2. The second-order valence-corrected chi connectivity index (χ2v) is 6.01. The van der Waals surface area contributed by atoms with E-state index in [0.717, 1.165) is 18.3 Å². The van der Waals surface area contributed by atoms with E-state index in [2.05, 4.69) is 25.9 Å². The summed E-state index contributed by atoms with van der Waals surface area (Å²) < 4.78 is 52.2. The van der Waals surface area contributed by atoms with Gasteiger partial charge in [-0.25, -0.2) is 8.42 Å². The molecule has 2 aromatic rings. The van der Waals surface area contributed by atoms with E-state index in [-0.39, 0.29) is 4.90 Å². The van der Waals surface area contributed by atoms with Gasteiger partial charge in [0.1, 0.15) is 10.6 Å². The number of rotatable bonds is 3. The van der Waals surface area contributed by atoms with Crippen LogP contribution in [-0.2, 0) is 10.0 Å². The lowest BCUT2D eigenvalue weighted by Gasteiger charge is -2.08. The molecule has 9 heteroatoms. The van der Waals surface area contributed by atoms with Crippen LogP contribution in [-0.4, -0.2) is 18.4 Å². The quantitative estimate of drug-likeness (QED) is 0.863. The Balaban J connectivity index is 2.36. The average molecular weight is 350 g/mol. The molecule has 0 aliphatic carbocycles. The van der Waals surface area contributed by atoms with Gasteiger partial charge >= 0.3 is 0 Å². The number of halogens is 3. The third-order valence-corrected chi connectivity index (χ3v) is 3.82. The lowest BCUT2D eigenvalue weighted by molar-refractivity contribution is 0.515. The molecule has 0 saturated heterocycles. The van der Waals surface area contributed by atoms with Crippen molar-refractivity contribution < 1.29 is 17.2 Å². The molecule has 0 unspecified atom stereocenters. The zero-order valence-corrected chi connectivity index (χ0v) is 11.5. The molecular formula is C10H6BrF2N3O2S. The summed E-state index contributed by atoms with van der Waals surface area (Å²) >= 11 is 3.07. The second kappa shape index (κ2) is 5.17. The van der Waals surface area contributed by atoms with Gasteiger partial charge in [0.25, 0.3) is 10.0 Å². The Bertz CT molecular complexity index is 724. The van der Waals surface area contributed by atoms with Crippen LogP contribution < -0.4 is 4.72 Å². The predicted molar refractivity (Wildman–Crippen MR) is 66.9 cm³/mol. The lowest BCUT2D eigenvalue weighted by Crippen LogP contribution is -2.15. The van der Waals surface area contributed by atoms with Gasteiger partial charge < -0.3 is 0 Å². The van der Waals surface area contributed by atoms with E-state index in [0.29, 0.717) is 4.47 Å². The third kappa shape index (κ3) is 3.24. The highest BCUT2D eigenvalue weighted by molar-refractivity contribution is 9.10. The van der Waals surface area contributed by atoms with Gasteiger partial charge in [-0.15, -0.1) is 0 Å². The van der Waals surface area contributed by atoms with Crippen molar-refractivity contribution >= 4 is 31.6 Å². The number of aromatic nitrogens is 2. The molecule has 2 aromatic heterocycles. The summed E-state index contributed by atoms with van der Waals surface area (Å²) in [6.45, 7) is 0. The standard InChI is InChI=1S/C10H6BrF2N3O2S/c11-6-3-7(5-14-4-6)19(17,18)16-8-1-2-9(12)15-10(8)13/h1-5,16H. The fourth-order valence-corrected chi connectivity index (χ4v) is 2.79. The SMILES string of the molecule is O=S(=O)(Nc1ccc(F)nc1F)c1cncc(Br)c1. The monoisotopic (exact) mass is 349 g/mol. The molecule has 0 amide bonds. The summed E-state index contributed by atoms with van der Waals surface area (Å²) in [6, 6.07) is 3.09. The summed E-state index contributed by atoms with van der Waals surface area (Å²) in [4.78, 5) is 6.42. The maximum Gasteiger partial charge on any atom is 0.263 e. The first kappa shape index (κ1) is 13.8. The summed E-state index contributed by atoms with van der Waals surface area (Å²) in [7, 11) is -4.02. The highest BCUT2D eigenvalue weighted by atomic mass is 79.9. The number of anilines is 1. The van der Waals surface area contributed by atoms with Crippen LogP contribution >= 0.6 is 15.9 Å². The summed E-state index contributed by atoms with van der Waals surface area (Å²) in [5.41, 5.74) is -0.443. The van der Waals surface area contributed by atoms with E-state index < -0.39 is 27.6 Å². The van der Waals surface area contributed by atoms with Crippen LogP contribution in [0.3, 0.4) is 0 Å². The Morgan fingerprint density at radius 3 is 2.58 bits per heavy atom. The molecule has 0 radical (unpaired) electrons. The first-order chi connectivity index (χ1) is 8.88. The smallest absolute Gasteiger partial charge is 0.263 e. The number of hydrogen-bond acceptors (Lipinski definition) is 4. The average Bonchev–Trinajstić information content (AvgIpc) is 2.33. The minimum absolute atomic E-state index is 0.161. The van der Waals surface area contributed by atoms with Gasteiger partial charge in [0, 0.05) is 16.9 Å². The first-order valence-corrected chi connectivity index (χ1v) is 7.11. The Morgan fingerprint density at radius 1 is 1.21 bits per heavy atom. The van der Waals surface area contributed by atoms with E-state index in [9.17, 15) is 17.2 Å². The molecule has 2 rings (SSSR count). The van der Waals surface area contributed by atoms with Crippen molar-refractivity contribution in [2.45, 2.75) is 4.90 Å². The van der Waals surface area contributed by atoms with E-state index >= 15 is 0 Å². The minimum atomic E-state index is -4.02. The van der Waals surface area contributed by atoms with Crippen molar-refractivity contribution in [3.8, 4) is 0 Å². The zero-order chi connectivity index (χ0) is 14.0. The van der Waals surface area contributed by atoms with Gasteiger partial charge in [-0.05, 0) is 34.1 Å². The van der Waals surface area contributed by atoms with Gasteiger partial charge in [0.2, 0.25) is 11.9 Å². The van der Waals surface area contributed by atoms with Crippen LogP contribution in [0.25, 0.3) is 0 Å². The number of sulfonamides is 1. The van der Waals surface area contributed by atoms with Crippen LogP contribution in [0.1, 0.15) is 0 Å². The van der Waals surface area contributed by atoms with Crippen molar-refractivity contribution in [1.29, 1.82) is 0 Å². The molecule has 0 spiro atoms. The Morgan fingerprint density at radius 2 is 1.95 bits per heavy atom. The summed E-state index contributed by atoms with van der Waals surface area (Å²) in [5, 5.41) is 0. The molecule has 0 fully saturated rings. The Kier molecular flexibility index (Phi) is 3.76. The van der Waals surface area contributed by atoms with E-state index in [1.54, 1.807) is 0 Å². The minimum Gasteiger partial charge on any atom is -0.275 e. The molecule has 0 aliphatic heterocycles. The summed E-state index contributed by atoms with van der Waals surface area (Å²) in [6.07, 6.45) is 2.50. The maximum absolute atomic E-state index is 13.3. The highest BCUT2D eigenvalue weighted by Crippen LogP contribution is 2.19. The van der Waals surface area contributed by atoms with Crippen molar-refractivity contribution in [2.75, 3.05) is 4.72 Å². The van der Waals surface area contributed by atoms with Gasteiger partial charge in [-0.2, -0.15) is 13.8 Å². The normalized spacial score (nSPS) is 11.3. The predicted octanol–water partition coefficient (Wildman–Crippen LogP) is 2.32. The molecule has 0 atom stereocenters. The van der Waals surface area contributed by atoms with Gasteiger partial charge in [-0.1, -0.05) is 0 Å². The highest BCUT2D eigenvalue weighted by Gasteiger charge is 2.17. The number of nitrogens with zero attached hydrogens (tertiary/aromatic N) is 2. The summed E-state index contributed by atoms with van der Waals surface area (Å²) in [5.74, 6) is -2.28. The molecule has 0 aliphatic rings. The molecule has 1 N–H and O–H groups in total. The van der Waals surface area contributed by atoms with Crippen LogP contribution in [0.2, 0.25) is 0 Å². The fraction of sp³-hybridized carbons (Fsp3) is 0. The van der Waals surface area contributed by atoms with Crippen molar-refractivity contribution in [3.63, 3.8) is 0 Å². The Hall–Kier alpha value is -1.61. The van der Waals surface area contributed by atoms with Gasteiger partial charge in [0.15, 0.2) is 0 Å². The van der Waals surface area contributed by atoms with E-state index in [1.165, 1.54) is 12.3 Å². The fourth-order valence-electron chi connectivity index (χ4n) is 1.23. The topological polar surface area (TPSA) is 72.0 Å². The van der Waals surface area contributed by atoms with E-state index in [4.69, 9.17) is 0 Å². The Labute approximate surface area is 115 Å². The number of nitrogens with one attached hydrogen (secondary N) is 1. The van der Waals surface area contributed by atoms with Crippen molar-refractivity contribution in [2.24, 2.45) is 0 Å². The first-order valence-electron chi connectivity index (χ1n) is 4.84. The molecule has 2 heterocycles. The molecule has 0 bridgehead atoms. The van der Waals surface area contributed by atoms with Crippen LogP contribution in [0.4, 0.5) is 14.5 Å². The third-order valence-electron chi connectivity index (χ3n) is 2.05. The van der Waals surface area contributed by atoms with E-state index in [1.807, 2.05) is 4.72 Å². The lowest BCUT2D eigenvalue weighted by atomic mass is 10.4. The zero-order valence-electron chi connectivity index (χ0n) is 9.14. The number of hydrogen-bond donors (Lipinski definition) is 1. The molecule has 5 nitrogen and oxygen atoms in total. The molecule has 19 heavy (non-hydrogen) atoms. The van der Waals surface area contributed by atoms with Gasteiger partial charge in [-0.3, -0.25) is 9.71 Å². The van der Waals surface area contributed by atoms with Crippen molar-refractivity contribution in [3.05, 3.63) is 47.0 Å². The van der Waals surface area contributed by atoms with Gasteiger partial charge in [0.05, 0.1) is 0 Å². The van der Waals surface area contributed by atoms with Crippen molar-refractivity contribution in [1.82, 2.24) is 9.97 Å². The van der Waals surface area contributed by atoms with Crippen LogP contribution in [0, 0.1) is 11.9 Å². The van der Waals surface area contributed by atoms with Crippen LogP contribution in [0.15, 0.2) is 40.0 Å². The second-order valence-electron chi connectivity index (χ2n) is 3.42. The molecular weight excluding hydrogens is 344 g/mol.